The molecule has 0 amide bonds. The summed E-state index contributed by atoms with van der Waals surface area (Å²) in [7, 11) is 0. The smallest absolute Gasteiger partial charge is 0.190 e. The fourth-order valence-corrected chi connectivity index (χ4v) is 2.86. The van der Waals surface area contributed by atoms with Crippen molar-refractivity contribution in [2.45, 2.75) is 37.4 Å². The van der Waals surface area contributed by atoms with Crippen LogP contribution in [0.2, 0.25) is 0 Å². The molecule has 0 radical (unpaired) electrons. The predicted octanol–water partition coefficient (Wildman–Crippen LogP) is -0.592. The molecule has 2 fully saturated rings. The highest BCUT2D eigenvalue weighted by Crippen LogP contribution is 2.72. The van der Waals surface area contributed by atoms with Crippen molar-refractivity contribution in [2.24, 2.45) is 5.41 Å². The Morgan fingerprint density at radius 1 is 1.38 bits per heavy atom. The van der Waals surface area contributed by atoms with E-state index in [-0.39, 0.29) is 13.2 Å². The third kappa shape index (κ3) is 0.983. The quantitative estimate of drug-likeness (QED) is 0.562. The van der Waals surface area contributed by atoms with Crippen molar-refractivity contribution < 1.29 is 24.8 Å². The van der Waals surface area contributed by atoms with Gasteiger partial charge < -0.3 is 24.8 Å². The Kier molecular flexibility index (Phi) is 2.46. The second-order valence-corrected chi connectivity index (χ2v) is 4.92. The van der Waals surface area contributed by atoms with E-state index in [9.17, 15) is 10.2 Å². The molecule has 0 unspecified atom stereocenters. The highest BCUT2D eigenvalue weighted by atomic mass is 16.7. The maximum Gasteiger partial charge on any atom is 0.190 e. The zero-order chi connectivity index (χ0) is 12.2. The average molecular weight is 230 g/mol. The zero-order valence-corrected chi connectivity index (χ0v) is 9.51. The van der Waals surface area contributed by atoms with Gasteiger partial charge in [-0.2, -0.15) is 0 Å². The van der Waals surface area contributed by atoms with Crippen molar-refractivity contribution in [1.29, 1.82) is 0 Å². The lowest BCUT2D eigenvalue weighted by Crippen LogP contribution is -2.37. The fourth-order valence-electron chi connectivity index (χ4n) is 2.86. The Bertz CT molecular complexity index is 315. The van der Waals surface area contributed by atoms with Gasteiger partial charge in [-0.05, 0) is 0 Å². The molecule has 0 aromatic rings. The molecule has 5 heteroatoms. The van der Waals surface area contributed by atoms with Gasteiger partial charge in [0.05, 0.1) is 13.2 Å². The summed E-state index contributed by atoms with van der Waals surface area (Å²) in [6.07, 6.45) is -0.210. The molecule has 1 saturated carbocycles. The van der Waals surface area contributed by atoms with Gasteiger partial charge in [-0.15, -0.1) is 6.58 Å². The second-order valence-electron chi connectivity index (χ2n) is 4.92. The van der Waals surface area contributed by atoms with Crippen molar-refractivity contribution in [3.63, 3.8) is 0 Å². The summed E-state index contributed by atoms with van der Waals surface area (Å²) in [6.45, 7) is 6.82. The third-order valence-electron chi connectivity index (χ3n) is 4.05. The minimum absolute atomic E-state index is 0.220. The Hall–Kier alpha value is -0.460. The van der Waals surface area contributed by atoms with E-state index in [0.717, 1.165) is 0 Å². The molecule has 0 aromatic carbocycles. The van der Waals surface area contributed by atoms with Crippen LogP contribution in [0.15, 0.2) is 12.7 Å². The Morgan fingerprint density at radius 2 is 2.00 bits per heavy atom. The van der Waals surface area contributed by atoms with Crippen LogP contribution in [0.4, 0.5) is 0 Å². The Morgan fingerprint density at radius 3 is 2.44 bits per heavy atom. The number of hydrogen-bond donors (Lipinski definition) is 3. The summed E-state index contributed by atoms with van der Waals surface area (Å²) in [5.74, 6) is 0. The number of hydrogen-bond acceptors (Lipinski definition) is 5. The van der Waals surface area contributed by atoms with Crippen LogP contribution in [-0.2, 0) is 9.47 Å². The highest BCUT2D eigenvalue weighted by molar-refractivity contribution is 5.39. The van der Waals surface area contributed by atoms with Crippen LogP contribution < -0.4 is 0 Å². The van der Waals surface area contributed by atoms with Crippen molar-refractivity contribution in [3.8, 4) is 0 Å². The number of rotatable bonds is 4. The lowest BCUT2D eigenvalue weighted by molar-refractivity contribution is -0.207. The van der Waals surface area contributed by atoms with Crippen LogP contribution in [0.3, 0.4) is 0 Å². The standard InChI is InChI=1S/C11H18O5/c1-4-5-15-8-11(14)9(2,3)10(11,13)7(6-12)16-8/h4,7-8,12-14H,1,5-6H2,2-3H3/t7-,8+,10-,11+/m1/s1. The maximum atomic E-state index is 10.4. The van der Waals surface area contributed by atoms with E-state index in [1.165, 1.54) is 6.08 Å². The average Bonchev–Trinajstić information content (AvgIpc) is 2.52. The normalized spacial score (nSPS) is 48.8. The minimum Gasteiger partial charge on any atom is -0.394 e. The highest BCUT2D eigenvalue weighted by Gasteiger charge is 2.92. The largest absolute Gasteiger partial charge is 0.394 e. The molecule has 1 aliphatic carbocycles. The molecule has 0 spiro atoms. The molecule has 0 aromatic heterocycles. The fraction of sp³-hybridized carbons (Fsp3) is 0.818. The van der Waals surface area contributed by atoms with Gasteiger partial charge in [0.1, 0.15) is 11.7 Å². The second kappa shape index (κ2) is 3.27. The molecule has 1 heterocycles. The molecule has 5 nitrogen and oxygen atoms in total. The van der Waals surface area contributed by atoms with Crippen molar-refractivity contribution in [3.05, 3.63) is 12.7 Å². The molecule has 2 rings (SSSR count). The first-order chi connectivity index (χ1) is 7.37. The number of aliphatic hydroxyl groups is 3. The molecular weight excluding hydrogens is 212 g/mol. The third-order valence-corrected chi connectivity index (χ3v) is 4.05. The van der Waals surface area contributed by atoms with Gasteiger partial charge in [-0.1, -0.05) is 19.9 Å². The first-order valence-electron chi connectivity index (χ1n) is 5.31. The van der Waals surface area contributed by atoms with Crippen LogP contribution in [0.25, 0.3) is 0 Å². The van der Waals surface area contributed by atoms with E-state index in [4.69, 9.17) is 14.6 Å². The Labute approximate surface area is 94.3 Å². The van der Waals surface area contributed by atoms with Crippen molar-refractivity contribution >= 4 is 0 Å². The van der Waals surface area contributed by atoms with Crippen molar-refractivity contribution in [1.82, 2.24) is 0 Å². The lowest BCUT2D eigenvalue weighted by atomic mass is 10.0. The van der Waals surface area contributed by atoms with E-state index in [2.05, 4.69) is 6.58 Å². The molecule has 0 bridgehead atoms. The first-order valence-corrected chi connectivity index (χ1v) is 5.31. The SMILES string of the molecule is C=CCO[C@H]1O[C@H](CO)[C@@]2(O)C(C)(C)[C@@]12O. The molecule has 2 aliphatic rings. The van der Waals surface area contributed by atoms with Gasteiger partial charge in [0.25, 0.3) is 0 Å². The van der Waals surface area contributed by atoms with Gasteiger partial charge in [0.15, 0.2) is 11.9 Å². The van der Waals surface area contributed by atoms with E-state index in [1.54, 1.807) is 13.8 Å². The number of fused-ring (bicyclic) bond motifs is 1. The number of aliphatic hydroxyl groups excluding tert-OH is 1. The van der Waals surface area contributed by atoms with E-state index in [0.29, 0.717) is 0 Å². The molecule has 1 aliphatic heterocycles. The van der Waals surface area contributed by atoms with Crippen LogP contribution in [0, 0.1) is 5.41 Å². The van der Waals surface area contributed by atoms with Gasteiger partial charge in [-0.25, -0.2) is 0 Å². The molecule has 4 atom stereocenters. The molecule has 16 heavy (non-hydrogen) atoms. The predicted molar refractivity (Wildman–Crippen MR) is 55.6 cm³/mol. The monoisotopic (exact) mass is 230 g/mol. The topological polar surface area (TPSA) is 79.2 Å². The summed E-state index contributed by atoms with van der Waals surface area (Å²) < 4.78 is 10.6. The van der Waals surface area contributed by atoms with Crippen molar-refractivity contribution in [2.75, 3.05) is 13.2 Å². The van der Waals surface area contributed by atoms with Crippen LogP contribution >= 0.6 is 0 Å². The van der Waals surface area contributed by atoms with E-state index < -0.39 is 29.0 Å². The van der Waals surface area contributed by atoms with Gasteiger partial charge in [-0.3, -0.25) is 0 Å². The Balaban J connectivity index is 2.24. The molecule has 92 valence electrons. The molecule has 3 N–H and O–H groups in total. The summed E-state index contributed by atoms with van der Waals surface area (Å²) in [5, 5.41) is 29.9. The minimum atomic E-state index is -1.46. The summed E-state index contributed by atoms with van der Waals surface area (Å²) in [6, 6.07) is 0. The van der Waals surface area contributed by atoms with Crippen LogP contribution in [-0.4, -0.2) is 52.1 Å². The van der Waals surface area contributed by atoms with Gasteiger partial charge in [0.2, 0.25) is 0 Å². The number of ether oxygens (including phenoxy) is 2. The molecular formula is C11H18O5. The van der Waals surface area contributed by atoms with Gasteiger partial charge >= 0.3 is 0 Å². The summed E-state index contributed by atoms with van der Waals surface area (Å²) in [4.78, 5) is 0. The van der Waals surface area contributed by atoms with Crippen LogP contribution in [0.5, 0.6) is 0 Å². The first kappa shape index (κ1) is 12.0. The van der Waals surface area contributed by atoms with E-state index in [1.807, 2.05) is 0 Å². The lowest BCUT2D eigenvalue weighted by Gasteiger charge is -2.25. The van der Waals surface area contributed by atoms with Gasteiger partial charge in [0, 0.05) is 5.41 Å². The zero-order valence-electron chi connectivity index (χ0n) is 9.51. The van der Waals surface area contributed by atoms with E-state index >= 15 is 0 Å². The van der Waals surface area contributed by atoms with Crippen LogP contribution in [0.1, 0.15) is 13.8 Å². The molecule has 1 saturated heterocycles. The maximum absolute atomic E-state index is 10.4. The summed E-state index contributed by atoms with van der Waals surface area (Å²) >= 11 is 0. The summed E-state index contributed by atoms with van der Waals surface area (Å²) in [5.41, 5.74) is -3.66.